The highest BCUT2D eigenvalue weighted by Crippen LogP contribution is 2.41. The van der Waals surface area contributed by atoms with Crippen molar-refractivity contribution in [2.24, 2.45) is 4.99 Å². The van der Waals surface area contributed by atoms with Gasteiger partial charge in [0.2, 0.25) is 0 Å². The van der Waals surface area contributed by atoms with Gasteiger partial charge in [-0.3, -0.25) is 10.6 Å². The summed E-state index contributed by atoms with van der Waals surface area (Å²) >= 11 is -1.33. The Labute approximate surface area is 151 Å². The van der Waals surface area contributed by atoms with Crippen molar-refractivity contribution < 1.29 is 14.0 Å². The van der Waals surface area contributed by atoms with E-state index in [4.69, 9.17) is 9.47 Å². The summed E-state index contributed by atoms with van der Waals surface area (Å²) in [5.74, 6) is 1.88. The lowest BCUT2D eigenvalue weighted by molar-refractivity contribution is 0.297. The number of anilines is 2. The number of methoxy groups -OCH3 is 2. The molecular formula is C18H23N3O3S. The molecule has 2 unspecified atom stereocenters. The predicted octanol–water partition coefficient (Wildman–Crippen LogP) is 3.23. The molecule has 7 heteroatoms. The second kappa shape index (κ2) is 6.65. The molecule has 1 aromatic rings. The number of allylic oxidation sites excluding steroid dienone is 2. The molecule has 0 saturated carbocycles. The van der Waals surface area contributed by atoms with Gasteiger partial charge >= 0.3 is 5.12 Å². The lowest BCUT2D eigenvalue weighted by atomic mass is 10.1. The maximum atomic E-state index is 13.2. The van der Waals surface area contributed by atoms with Crippen molar-refractivity contribution in [3.8, 4) is 5.75 Å². The summed E-state index contributed by atoms with van der Waals surface area (Å²) < 4.78 is 24.0. The van der Waals surface area contributed by atoms with E-state index in [9.17, 15) is 4.55 Å². The Hall–Kier alpha value is -2.12. The van der Waals surface area contributed by atoms with Gasteiger partial charge in [-0.05, 0) is 44.1 Å². The molecule has 25 heavy (non-hydrogen) atoms. The zero-order chi connectivity index (χ0) is 18.2. The van der Waals surface area contributed by atoms with Crippen LogP contribution < -0.4 is 15.4 Å². The number of rotatable bonds is 2. The van der Waals surface area contributed by atoms with Crippen molar-refractivity contribution in [2.75, 3.05) is 30.6 Å². The average Bonchev–Trinajstić information content (AvgIpc) is 2.99. The molecule has 0 amide bonds. The fraction of sp³-hybridized carbons (Fsp3) is 0.389. The van der Waals surface area contributed by atoms with E-state index in [1.54, 1.807) is 20.4 Å². The van der Waals surface area contributed by atoms with Gasteiger partial charge in [-0.2, -0.15) is 4.99 Å². The van der Waals surface area contributed by atoms with Crippen molar-refractivity contribution in [1.29, 1.82) is 0 Å². The minimum absolute atomic E-state index is 0.383. The normalized spacial score (nSPS) is 32.8. The molecule has 1 spiro atoms. The second-order valence-corrected chi connectivity index (χ2v) is 7.75. The van der Waals surface area contributed by atoms with E-state index in [-0.39, 0.29) is 0 Å². The van der Waals surface area contributed by atoms with Gasteiger partial charge in [0.15, 0.2) is 0 Å². The monoisotopic (exact) mass is 361 g/mol. The standard InChI is InChI=1S/C18H23N3O3S/c1-11-9-19-18(25(22)10-12(2)13(3)17(11)24-5)20-15-7-6-14(23-4)8-16(15)21-18/h6-9,20-21H,10H2,1-5H3/b13-12+,17-11+,19-9+. The second-order valence-electron chi connectivity index (χ2n) is 6.18. The topological polar surface area (TPSA) is 77.9 Å². The van der Waals surface area contributed by atoms with E-state index in [0.29, 0.717) is 5.75 Å². The van der Waals surface area contributed by atoms with Gasteiger partial charge < -0.3 is 14.0 Å². The summed E-state index contributed by atoms with van der Waals surface area (Å²) in [6, 6.07) is 5.62. The maximum Gasteiger partial charge on any atom is 0.375 e. The smallest absolute Gasteiger partial charge is 0.375 e. The fourth-order valence-corrected chi connectivity index (χ4v) is 4.39. The SMILES string of the molecule is COC1=C(C)/C=N/C2(Nc3ccc(OC)cc3N2)[S+]([O-])C\C(C)=C\1C. The lowest BCUT2D eigenvalue weighted by Gasteiger charge is -2.28. The van der Waals surface area contributed by atoms with Gasteiger partial charge in [-0.25, -0.2) is 0 Å². The number of ether oxygens (including phenoxy) is 2. The molecule has 2 aliphatic rings. The summed E-state index contributed by atoms with van der Waals surface area (Å²) in [4.78, 5) is 4.62. The molecule has 0 bridgehead atoms. The van der Waals surface area contributed by atoms with Crippen LogP contribution in [-0.4, -0.2) is 35.9 Å². The zero-order valence-corrected chi connectivity index (χ0v) is 15.9. The van der Waals surface area contributed by atoms with E-state index >= 15 is 0 Å². The molecule has 6 nitrogen and oxygen atoms in total. The molecule has 0 saturated heterocycles. The van der Waals surface area contributed by atoms with Crippen LogP contribution in [0.15, 0.2) is 45.7 Å². The van der Waals surface area contributed by atoms with Crippen molar-refractivity contribution >= 4 is 28.8 Å². The Bertz CT molecular complexity index is 788. The van der Waals surface area contributed by atoms with Crippen LogP contribution in [-0.2, 0) is 15.9 Å². The van der Waals surface area contributed by atoms with Crippen molar-refractivity contribution in [3.05, 3.63) is 40.7 Å². The first kappa shape index (κ1) is 17.7. The fourth-order valence-electron chi connectivity index (χ4n) is 2.96. The first-order chi connectivity index (χ1) is 11.9. The minimum Gasteiger partial charge on any atom is -0.611 e. The highest BCUT2D eigenvalue weighted by atomic mass is 32.2. The third-order valence-electron chi connectivity index (χ3n) is 4.50. The summed E-state index contributed by atoms with van der Waals surface area (Å²) in [6.07, 6.45) is 1.71. The van der Waals surface area contributed by atoms with Crippen LogP contribution in [0.4, 0.5) is 11.4 Å². The van der Waals surface area contributed by atoms with E-state index < -0.39 is 16.3 Å². The Kier molecular flexibility index (Phi) is 4.71. The molecule has 0 aromatic heterocycles. The Morgan fingerprint density at radius 3 is 2.52 bits per heavy atom. The quantitative estimate of drug-likeness (QED) is 0.791. The molecule has 0 radical (unpaired) electrons. The average molecular weight is 361 g/mol. The number of aliphatic imine (C=N–C) groups is 1. The Morgan fingerprint density at radius 2 is 1.84 bits per heavy atom. The van der Waals surface area contributed by atoms with Crippen LogP contribution in [0, 0.1) is 0 Å². The van der Waals surface area contributed by atoms with Crippen LogP contribution in [0.25, 0.3) is 0 Å². The summed E-state index contributed by atoms with van der Waals surface area (Å²) in [5.41, 5.74) is 4.55. The molecule has 3 rings (SSSR count). The van der Waals surface area contributed by atoms with Crippen LogP contribution in [0.2, 0.25) is 0 Å². The predicted molar refractivity (Wildman–Crippen MR) is 103 cm³/mol. The third kappa shape index (κ3) is 3.09. The van der Waals surface area contributed by atoms with Crippen molar-refractivity contribution in [3.63, 3.8) is 0 Å². The first-order valence-electron chi connectivity index (χ1n) is 8.00. The molecule has 2 heterocycles. The number of hydrogen-bond acceptors (Lipinski definition) is 6. The highest BCUT2D eigenvalue weighted by Gasteiger charge is 2.48. The van der Waals surface area contributed by atoms with Crippen LogP contribution in [0.5, 0.6) is 5.75 Å². The van der Waals surface area contributed by atoms with Gasteiger partial charge in [0.05, 0.1) is 25.6 Å². The molecule has 2 atom stereocenters. The lowest BCUT2D eigenvalue weighted by Crippen LogP contribution is -2.49. The molecule has 0 aliphatic carbocycles. The minimum atomic E-state index is -1.33. The van der Waals surface area contributed by atoms with E-state index in [0.717, 1.165) is 39.6 Å². The number of hydrogen-bond donors (Lipinski definition) is 2. The van der Waals surface area contributed by atoms with Gasteiger partial charge in [-0.1, -0.05) is 0 Å². The molecular weight excluding hydrogens is 338 g/mol. The molecule has 2 aliphatic heterocycles. The first-order valence-corrected chi connectivity index (χ1v) is 9.32. The van der Waals surface area contributed by atoms with E-state index in [2.05, 4.69) is 15.6 Å². The number of benzene rings is 1. The van der Waals surface area contributed by atoms with Crippen molar-refractivity contribution in [2.45, 2.75) is 25.9 Å². The number of nitrogens with zero attached hydrogens (tertiary/aromatic N) is 1. The van der Waals surface area contributed by atoms with E-state index in [1.807, 2.05) is 39.0 Å². The molecule has 1 aromatic carbocycles. The summed E-state index contributed by atoms with van der Waals surface area (Å²) in [6.45, 7) is 5.89. The van der Waals surface area contributed by atoms with Gasteiger partial charge in [-0.15, -0.1) is 0 Å². The molecule has 0 fully saturated rings. The Balaban J connectivity index is 2.05. The largest absolute Gasteiger partial charge is 0.611 e. The molecule has 2 N–H and O–H groups in total. The summed E-state index contributed by atoms with van der Waals surface area (Å²) in [5, 5.41) is 5.46. The highest BCUT2D eigenvalue weighted by molar-refractivity contribution is 7.93. The molecule has 134 valence electrons. The van der Waals surface area contributed by atoms with Crippen LogP contribution >= 0.6 is 0 Å². The maximum absolute atomic E-state index is 13.2. The van der Waals surface area contributed by atoms with Gasteiger partial charge in [0, 0.05) is 29.0 Å². The Morgan fingerprint density at radius 1 is 1.12 bits per heavy atom. The van der Waals surface area contributed by atoms with Crippen LogP contribution in [0.3, 0.4) is 0 Å². The van der Waals surface area contributed by atoms with Gasteiger partial charge in [0.25, 0.3) is 0 Å². The summed E-state index contributed by atoms with van der Waals surface area (Å²) in [7, 11) is 3.26. The number of fused-ring (bicyclic) bond motifs is 1. The van der Waals surface area contributed by atoms with Crippen molar-refractivity contribution in [1.82, 2.24) is 0 Å². The van der Waals surface area contributed by atoms with E-state index in [1.165, 1.54) is 0 Å². The zero-order valence-electron chi connectivity index (χ0n) is 15.1. The van der Waals surface area contributed by atoms with Gasteiger partial charge in [0.1, 0.15) is 17.3 Å². The van der Waals surface area contributed by atoms with Crippen LogP contribution in [0.1, 0.15) is 20.8 Å². The number of nitrogens with one attached hydrogen (secondary N) is 2. The third-order valence-corrected chi connectivity index (χ3v) is 6.16.